The zero-order chi connectivity index (χ0) is 14.0. The fourth-order valence-corrected chi connectivity index (χ4v) is 6.35. The summed E-state index contributed by atoms with van der Waals surface area (Å²) in [7, 11) is 0. The molecule has 0 saturated heterocycles. The molecular formula is C18H10OS2. The van der Waals surface area contributed by atoms with Gasteiger partial charge < -0.3 is 0 Å². The zero-order valence-electron chi connectivity index (χ0n) is 11.0. The number of rotatable bonds is 1. The lowest BCUT2D eigenvalue weighted by atomic mass is 9.98. The van der Waals surface area contributed by atoms with Gasteiger partial charge in [-0.25, -0.2) is 0 Å². The molecule has 0 radical (unpaired) electrons. The largest absolute Gasteiger partial charge is 0.298 e. The monoisotopic (exact) mass is 306 g/mol. The molecule has 21 heavy (non-hydrogen) atoms. The van der Waals surface area contributed by atoms with Crippen LogP contribution in [0.2, 0.25) is 0 Å². The van der Waals surface area contributed by atoms with Crippen LogP contribution in [0.5, 0.6) is 0 Å². The SMILES string of the molecule is O=Cc1ccc2c(c1)=C1c3ccccc3C=2C12SC=CS2. The summed E-state index contributed by atoms with van der Waals surface area (Å²) in [4.78, 5) is 11.1. The second-order valence-electron chi connectivity index (χ2n) is 5.34. The van der Waals surface area contributed by atoms with E-state index in [2.05, 4.69) is 41.1 Å². The summed E-state index contributed by atoms with van der Waals surface area (Å²) in [6.45, 7) is 0. The van der Waals surface area contributed by atoms with E-state index in [9.17, 15) is 4.79 Å². The first-order valence-electron chi connectivity index (χ1n) is 6.80. The lowest BCUT2D eigenvalue weighted by Crippen LogP contribution is -2.27. The molecule has 0 saturated carbocycles. The molecule has 3 heteroatoms. The second-order valence-corrected chi connectivity index (χ2v) is 7.84. The van der Waals surface area contributed by atoms with E-state index < -0.39 is 0 Å². The van der Waals surface area contributed by atoms with Crippen molar-refractivity contribution in [1.82, 2.24) is 0 Å². The summed E-state index contributed by atoms with van der Waals surface area (Å²) in [5.74, 6) is 0. The van der Waals surface area contributed by atoms with Crippen molar-refractivity contribution in [3.05, 3.63) is 80.4 Å². The van der Waals surface area contributed by atoms with Gasteiger partial charge in [0.2, 0.25) is 0 Å². The van der Waals surface area contributed by atoms with Crippen molar-refractivity contribution in [1.29, 1.82) is 0 Å². The van der Waals surface area contributed by atoms with E-state index in [1.807, 2.05) is 35.7 Å². The van der Waals surface area contributed by atoms with Crippen LogP contribution in [0.3, 0.4) is 0 Å². The minimum atomic E-state index is -0.0342. The van der Waals surface area contributed by atoms with Crippen molar-refractivity contribution in [2.75, 3.05) is 0 Å². The highest BCUT2D eigenvalue weighted by Gasteiger charge is 2.51. The average molecular weight is 306 g/mol. The van der Waals surface area contributed by atoms with Gasteiger partial charge in [-0.2, -0.15) is 0 Å². The highest BCUT2D eigenvalue weighted by Crippen LogP contribution is 2.64. The number of carbonyl (C=O) groups is 1. The molecule has 1 aliphatic heterocycles. The Morgan fingerprint density at radius 3 is 2.19 bits per heavy atom. The molecule has 0 aromatic heterocycles. The van der Waals surface area contributed by atoms with Gasteiger partial charge >= 0.3 is 0 Å². The van der Waals surface area contributed by atoms with Gasteiger partial charge in [-0.15, -0.1) is 23.5 Å². The molecule has 0 unspecified atom stereocenters. The minimum absolute atomic E-state index is 0.0342. The molecule has 1 spiro atoms. The van der Waals surface area contributed by atoms with Gasteiger partial charge in [0.05, 0.1) is 0 Å². The Hall–Kier alpha value is -1.71. The third-order valence-electron chi connectivity index (χ3n) is 4.37. The zero-order valence-corrected chi connectivity index (χ0v) is 12.6. The third kappa shape index (κ3) is 1.29. The highest BCUT2D eigenvalue weighted by atomic mass is 32.2. The third-order valence-corrected chi connectivity index (χ3v) is 7.14. The molecule has 5 rings (SSSR count). The van der Waals surface area contributed by atoms with Crippen LogP contribution in [-0.2, 0) is 0 Å². The predicted octanol–water partition coefficient (Wildman–Crippen LogP) is 2.87. The van der Waals surface area contributed by atoms with Crippen molar-refractivity contribution in [2.24, 2.45) is 0 Å². The Morgan fingerprint density at radius 2 is 1.52 bits per heavy atom. The van der Waals surface area contributed by atoms with Gasteiger partial charge in [-0.05, 0) is 49.6 Å². The van der Waals surface area contributed by atoms with Crippen LogP contribution in [0.1, 0.15) is 21.5 Å². The van der Waals surface area contributed by atoms with Crippen molar-refractivity contribution in [2.45, 2.75) is 4.08 Å². The maximum atomic E-state index is 11.1. The quantitative estimate of drug-likeness (QED) is 0.754. The minimum Gasteiger partial charge on any atom is -0.298 e. The van der Waals surface area contributed by atoms with Gasteiger partial charge in [0.25, 0.3) is 0 Å². The van der Waals surface area contributed by atoms with Crippen molar-refractivity contribution < 1.29 is 4.79 Å². The standard InChI is InChI=1S/C18H10OS2/c19-10-11-5-6-14-15(9-11)17-13-4-2-1-3-12(13)16(14)18(17)20-7-8-21-18/h1-10H. The van der Waals surface area contributed by atoms with E-state index in [4.69, 9.17) is 0 Å². The maximum Gasteiger partial charge on any atom is 0.150 e. The van der Waals surface area contributed by atoms with Crippen molar-refractivity contribution in [3.63, 3.8) is 0 Å². The Bertz CT molecular complexity index is 961. The first kappa shape index (κ1) is 11.9. The number of thioether (sulfide) groups is 2. The first-order valence-corrected chi connectivity index (χ1v) is 8.56. The number of benzene rings is 2. The molecule has 0 fully saturated rings. The van der Waals surface area contributed by atoms with Gasteiger partial charge in [0, 0.05) is 5.56 Å². The van der Waals surface area contributed by atoms with Crippen LogP contribution < -0.4 is 10.4 Å². The summed E-state index contributed by atoms with van der Waals surface area (Å²) in [6.07, 6.45) is 0.934. The Labute approximate surface area is 130 Å². The number of carbonyl (C=O) groups excluding carboxylic acids is 1. The van der Waals surface area contributed by atoms with E-state index in [1.165, 1.54) is 32.7 Å². The highest BCUT2D eigenvalue weighted by molar-refractivity contribution is 8.25. The Balaban J connectivity index is 1.99. The number of hydrogen-bond acceptors (Lipinski definition) is 3. The first-order chi connectivity index (χ1) is 10.3. The summed E-state index contributed by atoms with van der Waals surface area (Å²) < 4.78 is -0.0342. The molecule has 3 aliphatic rings. The van der Waals surface area contributed by atoms with Crippen molar-refractivity contribution in [3.8, 4) is 0 Å². The fraction of sp³-hybridized carbons (Fsp3) is 0.0556. The number of aldehydes is 1. The van der Waals surface area contributed by atoms with Crippen LogP contribution in [0, 0.1) is 0 Å². The topological polar surface area (TPSA) is 17.1 Å². The van der Waals surface area contributed by atoms with E-state index in [0.717, 1.165) is 11.8 Å². The molecular weight excluding hydrogens is 296 g/mol. The van der Waals surface area contributed by atoms with E-state index in [-0.39, 0.29) is 4.08 Å². The summed E-state index contributed by atoms with van der Waals surface area (Å²) in [6, 6.07) is 14.7. The van der Waals surface area contributed by atoms with E-state index in [0.29, 0.717) is 0 Å². The molecule has 0 atom stereocenters. The van der Waals surface area contributed by atoms with E-state index >= 15 is 0 Å². The number of fused-ring (bicyclic) bond motifs is 4. The van der Waals surface area contributed by atoms with Crippen LogP contribution in [-0.4, -0.2) is 10.4 Å². The van der Waals surface area contributed by atoms with Gasteiger partial charge in [-0.1, -0.05) is 36.4 Å². The Morgan fingerprint density at radius 1 is 0.857 bits per heavy atom. The lowest BCUT2D eigenvalue weighted by Gasteiger charge is -2.22. The normalized spacial score (nSPS) is 19.2. The average Bonchev–Trinajstić information content (AvgIpc) is 3.19. The lowest BCUT2D eigenvalue weighted by molar-refractivity contribution is 0.112. The van der Waals surface area contributed by atoms with Crippen LogP contribution in [0.15, 0.2) is 53.3 Å². The maximum absolute atomic E-state index is 11.1. The fourth-order valence-electron chi connectivity index (χ4n) is 3.61. The smallest absolute Gasteiger partial charge is 0.150 e. The van der Waals surface area contributed by atoms with Gasteiger partial charge in [-0.3, -0.25) is 4.79 Å². The molecule has 2 aromatic rings. The number of hydrogen-bond donors (Lipinski definition) is 0. The molecule has 100 valence electrons. The molecule has 2 aromatic carbocycles. The molecule has 0 amide bonds. The van der Waals surface area contributed by atoms with Gasteiger partial charge in [0.1, 0.15) is 10.4 Å². The predicted molar refractivity (Wildman–Crippen MR) is 89.6 cm³/mol. The summed E-state index contributed by atoms with van der Waals surface area (Å²) in [5, 5.41) is 6.89. The molecule has 0 N–H and O–H groups in total. The Kier molecular flexibility index (Phi) is 2.23. The van der Waals surface area contributed by atoms with Crippen LogP contribution in [0.25, 0.3) is 11.1 Å². The van der Waals surface area contributed by atoms with Crippen molar-refractivity contribution >= 4 is 41.0 Å². The molecule has 1 heterocycles. The molecule has 1 nitrogen and oxygen atoms in total. The summed E-state index contributed by atoms with van der Waals surface area (Å²) >= 11 is 3.76. The molecule has 2 aliphatic carbocycles. The van der Waals surface area contributed by atoms with Crippen LogP contribution in [0.4, 0.5) is 0 Å². The summed E-state index contributed by atoms with van der Waals surface area (Å²) in [5.41, 5.74) is 6.20. The van der Waals surface area contributed by atoms with E-state index in [1.54, 1.807) is 0 Å². The van der Waals surface area contributed by atoms with Crippen LogP contribution >= 0.6 is 23.5 Å². The molecule has 2 bridgehead atoms. The second kappa shape index (κ2) is 3.93. The van der Waals surface area contributed by atoms with Gasteiger partial charge in [0.15, 0.2) is 0 Å².